The van der Waals surface area contributed by atoms with E-state index in [-0.39, 0.29) is 16.9 Å². The largest absolute Gasteiger partial charge is 0.306 e. The van der Waals surface area contributed by atoms with Crippen molar-refractivity contribution in [1.29, 1.82) is 0 Å². The van der Waals surface area contributed by atoms with E-state index in [0.717, 1.165) is 5.56 Å². The molecule has 0 amide bonds. The summed E-state index contributed by atoms with van der Waals surface area (Å²) in [6.07, 6.45) is 0. The van der Waals surface area contributed by atoms with Gasteiger partial charge in [0.2, 0.25) is 0 Å². The van der Waals surface area contributed by atoms with Crippen LogP contribution in [0.4, 0.5) is 4.39 Å². The number of nitrogens with one attached hydrogen (secondary N) is 1. The number of benzene rings is 2. The van der Waals surface area contributed by atoms with E-state index in [1.54, 1.807) is 36.4 Å². The highest BCUT2D eigenvalue weighted by Crippen LogP contribution is 2.21. The van der Waals surface area contributed by atoms with Gasteiger partial charge in [-0.05, 0) is 29.8 Å². The summed E-state index contributed by atoms with van der Waals surface area (Å²) in [6.45, 7) is 0. The van der Waals surface area contributed by atoms with Crippen molar-refractivity contribution in [3.8, 4) is 11.4 Å². The van der Waals surface area contributed by atoms with Gasteiger partial charge in [-0.2, -0.15) is 0 Å². The lowest BCUT2D eigenvalue weighted by atomic mass is 10.1. The van der Waals surface area contributed by atoms with Crippen molar-refractivity contribution in [2.24, 2.45) is 0 Å². The second-order valence-corrected chi connectivity index (χ2v) is 4.94. The first-order valence-electron chi connectivity index (χ1n) is 6.03. The third-order valence-corrected chi connectivity index (χ3v) is 3.70. The van der Waals surface area contributed by atoms with E-state index in [9.17, 15) is 9.18 Å². The predicted molar refractivity (Wildman–Crippen MR) is 80.4 cm³/mol. The summed E-state index contributed by atoms with van der Waals surface area (Å²) in [5, 5.41) is 1.07. The summed E-state index contributed by atoms with van der Waals surface area (Å²) in [5.41, 5.74) is 1.40. The van der Waals surface area contributed by atoms with E-state index < -0.39 is 5.82 Å². The van der Waals surface area contributed by atoms with Crippen LogP contribution in [-0.4, -0.2) is 9.97 Å². The minimum Gasteiger partial charge on any atom is -0.306 e. The molecule has 100 valence electrons. The van der Waals surface area contributed by atoms with Gasteiger partial charge < -0.3 is 4.98 Å². The Morgan fingerprint density at radius 3 is 2.75 bits per heavy atom. The van der Waals surface area contributed by atoms with Crippen LogP contribution in [0.5, 0.6) is 0 Å². The Bertz CT molecular complexity index is 845. The second kappa shape index (κ2) is 5.17. The van der Waals surface area contributed by atoms with Gasteiger partial charge in [-0.15, -0.1) is 0 Å². The molecule has 0 radical (unpaired) electrons. The van der Waals surface area contributed by atoms with Gasteiger partial charge in [0.1, 0.15) is 11.6 Å². The van der Waals surface area contributed by atoms with Crippen LogP contribution in [0.25, 0.3) is 22.3 Å². The fourth-order valence-corrected chi connectivity index (χ4v) is 2.40. The molecule has 1 heterocycles. The molecule has 3 rings (SSSR count). The molecule has 2 aromatic carbocycles. The van der Waals surface area contributed by atoms with Crippen molar-refractivity contribution in [2.45, 2.75) is 5.33 Å². The number of H-pyrrole nitrogens is 1. The van der Waals surface area contributed by atoms with Crippen LogP contribution in [-0.2, 0) is 5.33 Å². The molecule has 0 unspecified atom stereocenters. The zero-order valence-corrected chi connectivity index (χ0v) is 11.9. The van der Waals surface area contributed by atoms with Crippen LogP contribution in [0.3, 0.4) is 0 Å². The first-order valence-corrected chi connectivity index (χ1v) is 7.15. The molecule has 0 spiro atoms. The van der Waals surface area contributed by atoms with Crippen LogP contribution in [0, 0.1) is 5.82 Å². The van der Waals surface area contributed by atoms with E-state index in [1.807, 2.05) is 0 Å². The van der Waals surface area contributed by atoms with Gasteiger partial charge in [-0.25, -0.2) is 9.37 Å². The summed E-state index contributed by atoms with van der Waals surface area (Å²) in [7, 11) is 0. The second-order valence-electron chi connectivity index (χ2n) is 4.38. The van der Waals surface area contributed by atoms with Crippen LogP contribution in [0.15, 0.2) is 47.3 Å². The zero-order chi connectivity index (χ0) is 14.1. The maximum atomic E-state index is 14.1. The normalized spacial score (nSPS) is 10.9. The van der Waals surface area contributed by atoms with E-state index in [1.165, 1.54) is 6.07 Å². The lowest BCUT2D eigenvalue weighted by Crippen LogP contribution is -2.10. The molecule has 0 atom stereocenters. The molecule has 0 bridgehead atoms. The van der Waals surface area contributed by atoms with Gasteiger partial charge in [0.25, 0.3) is 5.56 Å². The summed E-state index contributed by atoms with van der Waals surface area (Å²) < 4.78 is 14.1. The van der Waals surface area contributed by atoms with E-state index in [2.05, 4.69) is 25.9 Å². The van der Waals surface area contributed by atoms with Gasteiger partial charge >= 0.3 is 0 Å². The molecule has 1 N–H and O–H groups in total. The number of para-hydroxylation sites is 1. The standard InChI is InChI=1S/C15H10BrFN2O/c16-8-9-5-6-10(12(17)7-9)14-18-13-4-2-1-3-11(13)15(20)19-14/h1-7H,8H2,(H,18,19,20). The number of rotatable bonds is 2. The van der Waals surface area contributed by atoms with Gasteiger partial charge in [-0.1, -0.05) is 34.1 Å². The monoisotopic (exact) mass is 332 g/mol. The SMILES string of the molecule is O=c1[nH]c(-c2ccc(CBr)cc2F)nc2ccccc12. The Labute approximate surface area is 122 Å². The average molecular weight is 333 g/mol. The molecule has 0 aliphatic carbocycles. The Hall–Kier alpha value is -2.01. The first-order chi connectivity index (χ1) is 9.69. The highest BCUT2D eigenvalue weighted by molar-refractivity contribution is 9.08. The molecular formula is C15H10BrFN2O. The van der Waals surface area contributed by atoms with Crippen molar-refractivity contribution in [1.82, 2.24) is 9.97 Å². The molecule has 5 heteroatoms. The smallest absolute Gasteiger partial charge is 0.259 e. The zero-order valence-electron chi connectivity index (χ0n) is 10.4. The average Bonchev–Trinajstić information content (AvgIpc) is 2.47. The highest BCUT2D eigenvalue weighted by atomic mass is 79.9. The number of nitrogens with zero attached hydrogens (tertiary/aromatic N) is 1. The Balaban J connectivity index is 2.22. The number of halogens is 2. The first kappa shape index (κ1) is 13.0. The van der Waals surface area contributed by atoms with E-state index in [4.69, 9.17) is 0 Å². The summed E-state index contributed by atoms with van der Waals surface area (Å²) in [5.74, 6) is -0.160. The van der Waals surface area contributed by atoms with Gasteiger partial charge in [0, 0.05) is 5.33 Å². The number of hydrogen-bond acceptors (Lipinski definition) is 2. The number of aromatic nitrogens is 2. The van der Waals surface area contributed by atoms with Crippen molar-refractivity contribution in [3.63, 3.8) is 0 Å². The number of fused-ring (bicyclic) bond motifs is 1. The minimum absolute atomic E-state index is 0.243. The molecule has 0 fully saturated rings. The Kier molecular flexibility index (Phi) is 3.36. The highest BCUT2D eigenvalue weighted by Gasteiger charge is 2.10. The molecule has 3 aromatic rings. The summed E-state index contributed by atoms with van der Waals surface area (Å²) in [4.78, 5) is 18.9. The maximum Gasteiger partial charge on any atom is 0.259 e. The third kappa shape index (κ3) is 2.25. The minimum atomic E-state index is -0.402. The lowest BCUT2D eigenvalue weighted by Gasteiger charge is -2.05. The molecule has 20 heavy (non-hydrogen) atoms. The van der Waals surface area contributed by atoms with E-state index >= 15 is 0 Å². The maximum absolute atomic E-state index is 14.1. The number of aromatic amines is 1. The molecule has 0 aliphatic rings. The topological polar surface area (TPSA) is 45.8 Å². The van der Waals surface area contributed by atoms with Crippen LogP contribution >= 0.6 is 15.9 Å². The molecule has 0 aliphatic heterocycles. The molecule has 0 saturated carbocycles. The molecule has 3 nitrogen and oxygen atoms in total. The lowest BCUT2D eigenvalue weighted by molar-refractivity contribution is 0.628. The summed E-state index contributed by atoms with van der Waals surface area (Å²) in [6, 6.07) is 11.8. The van der Waals surface area contributed by atoms with Crippen LogP contribution in [0.2, 0.25) is 0 Å². The van der Waals surface area contributed by atoms with Crippen molar-refractivity contribution in [2.75, 3.05) is 0 Å². The fraction of sp³-hybridized carbons (Fsp3) is 0.0667. The van der Waals surface area contributed by atoms with Crippen molar-refractivity contribution < 1.29 is 4.39 Å². The van der Waals surface area contributed by atoms with E-state index in [0.29, 0.717) is 16.2 Å². The third-order valence-electron chi connectivity index (χ3n) is 3.06. The van der Waals surface area contributed by atoms with Crippen LogP contribution < -0.4 is 5.56 Å². The molecular weight excluding hydrogens is 323 g/mol. The molecule has 1 aromatic heterocycles. The number of alkyl halides is 1. The van der Waals surface area contributed by atoms with Crippen LogP contribution in [0.1, 0.15) is 5.56 Å². The van der Waals surface area contributed by atoms with Gasteiger partial charge in [-0.3, -0.25) is 4.79 Å². The summed E-state index contributed by atoms with van der Waals surface area (Å²) >= 11 is 3.28. The quantitative estimate of drug-likeness (QED) is 0.728. The fourth-order valence-electron chi connectivity index (χ4n) is 2.05. The van der Waals surface area contributed by atoms with Gasteiger partial charge in [0.15, 0.2) is 0 Å². The van der Waals surface area contributed by atoms with Gasteiger partial charge in [0.05, 0.1) is 16.5 Å². The Morgan fingerprint density at radius 1 is 1.20 bits per heavy atom. The number of hydrogen-bond donors (Lipinski definition) is 1. The predicted octanol–water partition coefficient (Wildman–Crippen LogP) is 3.62. The van der Waals surface area contributed by atoms with Crippen molar-refractivity contribution >= 4 is 26.8 Å². The molecule has 0 saturated heterocycles. The van der Waals surface area contributed by atoms with Crippen molar-refractivity contribution in [3.05, 3.63) is 64.2 Å². The Morgan fingerprint density at radius 2 is 2.00 bits per heavy atom.